The summed E-state index contributed by atoms with van der Waals surface area (Å²) in [4.78, 5) is 0. The zero-order valence-electron chi connectivity index (χ0n) is 12.1. The molecule has 112 valence electrons. The minimum absolute atomic E-state index is 0.197. The number of hydrazine groups is 1. The van der Waals surface area contributed by atoms with Crippen LogP contribution in [-0.4, -0.2) is 19.8 Å². The summed E-state index contributed by atoms with van der Waals surface area (Å²) in [5.41, 5.74) is 3.28. The molecular weight excluding hydrogens is 259 g/mol. The van der Waals surface area contributed by atoms with E-state index in [2.05, 4.69) is 5.43 Å². The van der Waals surface area contributed by atoms with Gasteiger partial charge in [0.15, 0.2) is 11.6 Å². The second-order valence-electron chi connectivity index (χ2n) is 5.23. The first-order valence-electron chi connectivity index (χ1n) is 7.09. The molecule has 1 aromatic rings. The molecule has 0 spiro atoms. The van der Waals surface area contributed by atoms with E-state index in [4.69, 9.17) is 15.3 Å². The van der Waals surface area contributed by atoms with Gasteiger partial charge in [0.25, 0.3) is 0 Å². The van der Waals surface area contributed by atoms with Crippen LogP contribution in [-0.2, 0) is 4.74 Å². The molecule has 20 heavy (non-hydrogen) atoms. The van der Waals surface area contributed by atoms with Gasteiger partial charge >= 0.3 is 0 Å². The number of nitrogens with one attached hydrogen (secondary N) is 1. The molecule has 0 heterocycles. The van der Waals surface area contributed by atoms with Crippen LogP contribution >= 0.6 is 0 Å². The molecule has 0 amide bonds. The van der Waals surface area contributed by atoms with Gasteiger partial charge in [0.1, 0.15) is 0 Å². The normalized spacial score (nSPS) is 23.2. The molecule has 1 fully saturated rings. The lowest BCUT2D eigenvalue weighted by Crippen LogP contribution is -2.37. The van der Waals surface area contributed by atoms with E-state index in [0.717, 1.165) is 25.9 Å². The highest BCUT2D eigenvalue weighted by Crippen LogP contribution is 2.38. The van der Waals surface area contributed by atoms with Crippen molar-refractivity contribution in [1.29, 1.82) is 0 Å². The van der Waals surface area contributed by atoms with Crippen LogP contribution in [0, 0.1) is 11.7 Å². The zero-order valence-corrected chi connectivity index (χ0v) is 12.1. The molecule has 1 aliphatic carbocycles. The van der Waals surface area contributed by atoms with Crippen LogP contribution in [0.1, 0.15) is 37.8 Å². The van der Waals surface area contributed by atoms with E-state index in [0.29, 0.717) is 17.6 Å². The van der Waals surface area contributed by atoms with E-state index in [-0.39, 0.29) is 17.6 Å². The molecule has 0 aliphatic heterocycles. The van der Waals surface area contributed by atoms with Gasteiger partial charge in [-0.25, -0.2) is 4.39 Å². The Morgan fingerprint density at radius 3 is 2.80 bits per heavy atom. The quantitative estimate of drug-likeness (QED) is 0.596. The molecule has 0 saturated heterocycles. The smallest absolute Gasteiger partial charge is 0.169 e. The van der Waals surface area contributed by atoms with Crippen LogP contribution in [0.5, 0.6) is 5.75 Å². The van der Waals surface area contributed by atoms with Crippen LogP contribution < -0.4 is 16.0 Å². The molecule has 0 bridgehead atoms. The molecular formula is C15H23FN2O2. The van der Waals surface area contributed by atoms with Gasteiger partial charge < -0.3 is 9.47 Å². The lowest BCUT2D eigenvalue weighted by Gasteiger charge is -2.37. The summed E-state index contributed by atoms with van der Waals surface area (Å²) in [5, 5.41) is 0. The Labute approximate surface area is 119 Å². The van der Waals surface area contributed by atoms with Crippen LogP contribution in [0.4, 0.5) is 4.39 Å². The minimum Gasteiger partial charge on any atom is -0.494 e. The summed E-state index contributed by atoms with van der Waals surface area (Å²) in [5.74, 6) is 6.04. The second-order valence-corrected chi connectivity index (χ2v) is 5.23. The lowest BCUT2D eigenvalue weighted by atomic mass is 9.77. The van der Waals surface area contributed by atoms with E-state index >= 15 is 0 Å². The third-order valence-electron chi connectivity index (χ3n) is 3.95. The highest BCUT2D eigenvalue weighted by Gasteiger charge is 2.32. The van der Waals surface area contributed by atoms with Crippen molar-refractivity contribution < 1.29 is 13.9 Å². The maximum atomic E-state index is 14.2. The Bertz CT molecular complexity index is 436. The number of nitrogens with two attached hydrogens (primary N) is 1. The Kier molecular flexibility index (Phi) is 5.34. The summed E-state index contributed by atoms with van der Waals surface area (Å²) in [6.07, 6.45) is 3.22. The first kappa shape index (κ1) is 15.2. The Hall–Kier alpha value is -1.17. The molecule has 1 atom stereocenters. The zero-order chi connectivity index (χ0) is 14.5. The van der Waals surface area contributed by atoms with Gasteiger partial charge in [-0.15, -0.1) is 0 Å². The van der Waals surface area contributed by atoms with E-state index in [9.17, 15) is 4.39 Å². The first-order valence-corrected chi connectivity index (χ1v) is 7.09. The van der Waals surface area contributed by atoms with Crippen molar-refractivity contribution in [3.05, 3.63) is 29.6 Å². The average Bonchev–Trinajstić information content (AvgIpc) is 2.42. The van der Waals surface area contributed by atoms with Crippen molar-refractivity contribution in [2.24, 2.45) is 11.8 Å². The second kappa shape index (κ2) is 7.02. The predicted molar refractivity (Wildman–Crippen MR) is 75.8 cm³/mol. The largest absolute Gasteiger partial charge is 0.494 e. The van der Waals surface area contributed by atoms with E-state index in [1.807, 2.05) is 6.92 Å². The highest BCUT2D eigenvalue weighted by molar-refractivity contribution is 5.33. The molecule has 5 heteroatoms. The topological polar surface area (TPSA) is 56.5 Å². The minimum atomic E-state index is -0.335. The molecule has 3 N–H and O–H groups in total. The average molecular weight is 282 g/mol. The molecule has 1 aliphatic rings. The molecule has 2 rings (SSSR count). The fourth-order valence-electron chi connectivity index (χ4n) is 2.81. The summed E-state index contributed by atoms with van der Waals surface area (Å²) in [6.45, 7) is 2.75. The standard InChI is InChI=1S/C15H23FN2O2/c1-3-20-11-7-10(8-11)9-13(18-17)12-5-4-6-14(19-2)15(12)16/h4-6,10-11,13,18H,3,7-9,17H2,1-2H3. The van der Waals surface area contributed by atoms with Crippen molar-refractivity contribution in [2.45, 2.75) is 38.3 Å². The van der Waals surface area contributed by atoms with E-state index in [1.54, 1.807) is 18.2 Å². The van der Waals surface area contributed by atoms with Gasteiger partial charge in [0, 0.05) is 18.2 Å². The lowest BCUT2D eigenvalue weighted by molar-refractivity contribution is -0.0292. The fourth-order valence-corrected chi connectivity index (χ4v) is 2.81. The summed E-state index contributed by atoms with van der Waals surface area (Å²) in [6, 6.07) is 4.95. The Morgan fingerprint density at radius 1 is 1.45 bits per heavy atom. The van der Waals surface area contributed by atoms with Crippen LogP contribution in [0.15, 0.2) is 18.2 Å². The number of ether oxygens (including phenoxy) is 2. The number of hydrogen-bond donors (Lipinski definition) is 2. The molecule has 1 unspecified atom stereocenters. The monoisotopic (exact) mass is 282 g/mol. The third kappa shape index (κ3) is 3.29. The molecule has 1 aromatic carbocycles. The number of methoxy groups -OCH3 is 1. The van der Waals surface area contributed by atoms with E-state index in [1.165, 1.54) is 7.11 Å². The third-order valence-corrected chi connectivity index (χ3v) is 3.95. The molecule has 0 aromatic heterocycles. The van der Waals surface area contributed by atoms with Gasteiger partial charge in [0.2, 0.25) is 0 Å². The first-order chi connectivity index (χ1) is 9.69. The SMILES string of the molecule is CCOC1CC(CC(NN)c2cccc(OC)c2F)C1. The van der Waals surface area contributed by atoms with E-state index < -0.39 is 0 Å². The van der Waals surface area contributed by atoms with Crippen LogP contribution in [0.3, 0.4) is 0 Å². The van der Waals surface area contributed by atoms with Gasteiger partial charge in [0.05, 0.1) is 13.2 Å². The summed E-state index contributed by atoms with van der Waals surface area (Å²) >= 11 is 0. The van der Waals surface area contributed by atoms with Crippen LogP contribution in [0.2, 0.25) is 0 Å². The molecule has 4 nitrogen and oxygen atoms in total. The maximum absolute atomic E-state index is 14.2. The highest BCUT2D eigenvalue weighted by atomic mass is 19.1. The van der Waals surface area contributed by atoms with Crippen molar-refractivity contribution in [2.75, 3.05) is 13.7 Å². The number of halogens is 1. The van der Waals surface area contributed by atoms with Crippen LogP contribution in [0.25, 0.3) is 0 Å². The van der Waals surface area contributed by atoms with Gasteiger partial charge in [-0.1, -0.05) is 12.1 Å². The Morgan fingerprint density at radius 2 is 2.20 bits per heavy atom. The van der Waals surface area contributed by atoms with Gasteiger partial charge in [-0.05, 0) is 38.2 Å². The number of benzene rings is 1. The van der Waals surface area contributed by atoms with Crippen molar-refractivity contribution >= 4 is 0 Å². The van der Waals surface area contributed by atoms with Crippen molar-refractivity contribution in [3.63, 3.8) is 0 Å². The summed E-state index contributed by atoms with van der Waals surface area (Å²) in [7, 11) is 1.46. The van der Waals surface area contributed by atoms with Gasteiger partial charge in [-0.2, -0.15) is 0 Å². The van der Waals surface area contributed by atoms with Gasteiger partial charge in [-0.3, -0.25) is 11.3 Å². The Balaban J connectivity index is 1.99. The number of hydrogen-bond acceptors (Lipinski definition) is 4. The summed E-state index contributed by atoms with van der Waals surface area (Å²) < 4.78 is 24.8. The maximum Gasteiger partial charge on any atom is 0.169 e. The molecule has 0 radical (unpaired) electrons. The van der Waals surface area contributed by atoms with Crippen molar-refractivity contribution in [1.82, 2.24) is 5.43 Å². The van der Waals surface area contributed by atoms with Crippen molar-refractivity contribution in [3.8, 4) is 5.75 Å². The predicted octanol–water partition coefficient (Wildman–Crippen LogP) is 2.54. The molecule has 1 saturated carbocycles. The number of rotatable bonds is 7. The fraction of sp³-hybridized carbons (Fsp3) is 0.600.